The average molecular weight is 143 g/mol. The Morgan fingerprint density at radius 3 is 2.50 bits per heavy atom. The molecule has 10 heavy (non-hydrogen) atoms. The van der Waals surface area contributed by atoms with Gasteiger partial charge in [-0.05, 0) is 18.9 Å². The first-order valence-corrected chi connectivity index (χ1v) is 3.86. The van der Waals surface area contributed by atoms with Crippen molar-refractivity contribution in [3.63, 3.8) is 0 Å². The van der Waals surface area contributed by atoms with E-state index in [2.05, 4.69) is 25.8 Å². The van der Waals surface area contributed by atoms with E-state index in [1.807, 2.05) is 0 Å². The largest absolute Gasteiger partial charge is 0.392 e. The second kappa shape index (κ2) is 2.51. The van der Waals surface area contributed by atoms with E-state index in [9.17, 15) is 5.11 Å². The third-order valence-corrected chi connectivity index (χ3v) is 2.01. The average Bonchev–Trinajstić information content (AvgIpc) is 1.54. The van der Waals surface area contributed by atoms with Crippen molar-refractivity contribution in [2.45, 2.75) is 26.4 Å². The van der Waals surface area contributed by atoms with Crippen LogP contribution in [0.4, 0.5) is 0 Å². The Hall–Kier alpha value is -0.0800. The van der Waals surface area contributed by atoms with Crippen LogP contribution in [-0.4, -0.2) is 36.2 Å². The number of aliphatic hydroxyl groups excluding tert-OH is 1. The van der Waals surface area contributed by atoms with Crippen LogP contribution >= 0.6 is 0 Å². The van der Waals surface area contributed by atoms with E-state index in [0.717, 1.165) is 19.5 Å². The second-order valence-corrected chi connectivity index (χ2v) is 4.22. The summed E-state index contributed by atoms with van der Waals surface area (Å²) in [5, 5.41) is 9.37. The summed E-state index contributed by atoms with van der Waals surface area (Å²) in [7, 11) is 2.06. The molecule has 1 N–H and O–H groups in total. The number of hydrogen-bond donors (Lipinski definition) is 1. The van der Waals surface area contributed by atoms with Crippen LogP contribution in [0.2, 0.25) is 0 Å². The van der Waals surface area contributed by atoms with Crippen LogP contribution in [0, 0.1) is 5.41 Å². The standard InChI is InChI=1S/C8H17NO/c1-8(2)4-7(10)5-9(3)6-8/h7,10H,4-6H2,1-3H3. The minimum atomic E-state index is -0.117. The lowest BCUT2D eigenvalue weighted by molar-refractivity contribution is 0.0187. The molecule has 1 aliphatic heterocycles. The van der Waals surface area contributed by atoms with E-state index in [0.29, 0.717) is 5.41 Å². The molecule has 2 nitrogen and oxygen atoms in total. The topological polar surface area (TPSA) is 23.5 Å². The van der Waals surface area contributed by atoms with Crippen molar-refractivity contribution in [3.05, 3.63) is 0 Å². The van der Waals surface area contributed by atoms with Crippen LogP contribution in [0.15, 0.2) is 0 Å². The molecule has 1 aliphatic rings. The van der Waals surface area contributed by atoms with Crippen LogP contribution < -0.4 is 0 Å². The highest BCUT2D eigenvalue weighted by atomic mass is 16.3. The SMILES string of the molecule is CN1CC(O)CC(C)(C)C1. The minimum Gasteiger partial charge on any atom is -0.392 e. The Morgan fingerprint density at radius 2 is 2.10 bits per heavy atom. The van der Waals surface area contributed by atoms with Crippen molar-refractivity contribution in [2.75, 3.05) is 20.1 Å². The number of piperidine rings is 1. The predicted molar refractivity (Wildman–Crippen MR) is 41.9 cm³/mol. The van der Waals surface area contributed by atoms with Crippen molar-refractivity contribution in [3.8, 4) is 0 Å². The molecule has 60 valence electrons. The van der Waals surface area contributed by atoms with E-state index >= 15 is 0 Å². The van der Waals surface area contributed by atoms with Gasteiger partial charge in [0.25, 0.3) is 0 Å². The minimum absolute atomic E-state index is 0.117. The third-order valence-electron chi connectivity index (χ3n) is 2.01. The summed E-state index contributed by atoms with van der Waals surface area (Å²) in [6.45, 7) is 6.34. The fourth-order valence-corrected chi connectivity index (χ4v) is 1.92. The Morgan fingerprint density at radius 1 is 1.50 bits per heavy atom. The van der Waals surface area contributed by atoms with Gasteiger partial charge in [-0.1, -0.05) is 13.8 Å². The van der Waals surface area contributed by atoms with Crippen molar-refractivity contribution >= 4 is 0 Å². The number of likely N-dealkylation sites (N-methyl/N-ethyl adjacent to an activating group) is 1. The molecule has 0 amide bonds. The maximum absolute atomic E-state index is 9.37. The molecule has 0 aromatic rings. The molecule has 1 unspecified atom stereocenters. The van der Waals surface area contributed by atoms with Crippen molar-refractivity contribution < 1.29 is 5.11 Å². The molecule has 1 fully saturated rings. The molecule has 1 atom stereocenters. The predicted octanol–water partition coefficient (Wildman–Crippen LogP) is 0.709. The zero-order valence-electron chi connectivity index (χ0n) is 7.09. The summed E-state index contributed by atoms with van der Waals surface area (Å²) >= 11 is 0. The zero-order chi connectivity index (χ0) is 7.78. The summed E-state index contributed by atoms with van der Waals surface area (Å²) in [5.41, 5.74) is 0.298. The highest BCUT2D eigenvalue weighted by molar-refractivity contribution is 4.82. The first-order valence-electron chi connectivity index (χ1n) is 3.86. The molecule has 0 aromatic heterocycles. The molecule has 2 heteroatoms. The van der Waals surface area contributed by atoms with E-state index < -0.39 is 0 Å². The van der Waals surface area contributed by atoms with Gasteiger partial charge in [0, 0.05) is 13.1 Å². The molecule has 0 radical (unpaired) electrons. The van der Waals surface area contributed by atoms with Crippen LogP contribution in [0.1, 0.15) is 20.3 Å². The number of aliphatic hydroxyl groups is 1. The summed E-state index contributed by atoms with van der Waals surface area (Å²) in [6.07, 6.45) is 0.825. The van der Waals surface area contributed by atoms with E-state index in [1.165, 1.54) is 0 Å². The van der Waals surface area contributed by atoms with E-state index in [-0.39, 0.29) is 6.10 Å². The Labute approximate surface area is 62.8 Å². The fourth-order valence-electron chi connectivity index (χ4n) is 1.92. The molecular formula is C8H17NO. The molecule has 0 aromatic carbocycles. The Bertz CT molecular complexity index is 110. The van der Waals surface area contributed by atoms with Gasteiger partial charge < -0.3 is 10.0 Å². The number of nitrogens with zero attached hydrogens (tertiary/aromatic N) is 1. The van der Waals surface area contributed by atoms with Gasteiger partial charge >= 0.3 is 0 Å². The summed E-state index contributed by atoms with van der Waals surface area (Å²) in [4.78, 5) is 2.19. The van der Waals surface area contributed by atoms with E-state index in [1.54, 1.807) is 0 Å². The molecule has 1 rings (SSSR count). The van der Waals surface area contributed by atoms with Crippen molar-refractivity contribution in [2.24, 2.45) is 5.41 Å². The van der Waals surface area contributed by atoms with Crippen LogP contribution in [0.3, 0.4) is 0 Å². The van der Waals surface area contributed by atoms with E-state index in [4.69, 9.17) is 0 Å². The quantitative estimate of drug-likeness (QED) is 0.540. The first-order chi connectivity index (χ1) is 4.49. The van der Waals surface area contributed by atoms with Gasteiger partial charge in [0.1, 0.15) is 0 Å². The van der Waals surface area contributed by atoms with Crippen LogP contribution in [0.5, 0.6) is 0 Å². The van der Waals surface area contributed by atoms with Gasteiger partial charge in [0.15, 0.2) is 0 Å². The molecule has 0 spiro atoms. The maximum Gasteiger partial charge on any atom is 0.0672 e. The Balaban J connectivity index is 2.51. The maximum atomic E-state index is 9.37. The molecule has 1 saturated heterocycles. The number of β-amino-alcohol motifs (C(OH)–C–C–N with tert-alkyl or cyclic N) is 1. The molecule has 0 aliphatic carbocycles. The highest BCUT2D eigenvalue weighted by Crippen LogP contribution is 2.27. The first kappa shape index (κ1) is 8.02. The normalized spacial score (nSPS) is 34.2. The van der Waals surface area contributed by atoms with Crippen molar-refractivity contribution in [1.82, 2.24) is 4.90 Å². The van der Waals surface area contributed by atoms with Gasteiger partial charge in [-0.3, -0.25) is 0 Å². The van der Waals surface area contributed by atoms with Crippen LogP contribution in [-0.2, 0) is 0 Å². The monoisotopic (exact) mass is 143 g/mol. The lowest BCUT2D eigenvalue weighted by atomic mass is 9.83. The molecule has 0 saturated carbocycles. The van der Waals surface area contributed by atoms with Gasteiger partial charge in [0.05, 0.1) is 6.10 Å². The lowest BCUT2D eigenvalue weighted by Gasteiger charge is -2.38. The van der Waals surface area contributed by atoms with Crippen molar-refractivity contribution in [1.29, 1.82) is 0 Å². The zero-order valence-corrected chi connectivity index (χ0v) is 7.09. The van der Waals surface area contributed by atoms with Gasteiger partial charge in [0.2, 0.25) is 0 Å². The second-order valence-electron chi connectivity index (χ2n) is 4.22. The molecular weight excluding hydrogens is 126 g/mol. The Kier molecular flexibility index (Phi) is 2.02. The van der Waals surface area contributed by atoms with Gasteiger partial charge in [-0.15, -0.1) is 0 Å². The number of rotatable bonds is 0. The third kappa shape index (κ3) is 1.96. The highest BCUT2D eigenvalue weighted by Gasteiger charge is 2.29. The molecule has 0 bridgehead atoms. The van der Waals surface area contributed by atoms with Gasteiger partial charge in [-0.25, -0.2) is 0 Å². The van der Waals surface area contributed by atoms with Gasteiger partial charge in [-0.2, -0.15) is 0 Å². The number of hydrogen-bond acceptors (Lipinski definition) is 2. The summed E-state index contributed by atoms with van der Waals surface area (Å²) in [5.74, 6) is 0. The fraction of sp³-hybridized carbons (Fsp3) is 1.00. The summed E-state index contributed by atoms with van der Waals surface area (Å²) < 4.78 is 0. The number of likely N-dealkylation sites (tertiary alicyclic amines) is 1. The van der Waals surface area contributed by atoms with Crippen LogP contribution in [0.25, 0.3) is 0 Å². The smallest absolute Gasteiger partial charge is 0.0672 e. The summed E-state index contributed by atoms with van der Waals surface area (Å²) in [6, 6.07) is 0. The lowest BCUT2D eigenvalue weighted by Crippen LogP contribution is -2.44. The molecule has 1 heterocycles.